The van der Waals surface area contributed by atoms with Crippen LogP contribution in [0.5, 0.6) is 0 Å². The SMILES string of the molecule is CC(C)(C)C1(C)c2cccc(-c3ccc(-c4nc(-c5ccccc5)nc(-c5ccccc5)n4)cc3)c2-c2c1ccc1oc3ccccc3c21.CC(C)C1(C)c2cccc(-c3cccc(-c4nc(-c5ccccc5)nc(-c5ccccc5)n4)c3)c2-c2c1ccc1oc3ccccc3c21.CC1(C)c2cc(-c3nc(-c4ccccc4)nc(-c4ccccc4)n3)ccc2-c2cc3c(cc21)oc1ccccc13. The average molecular weight is 1770 g/mol. The molecule has 0 aliphatic heterocycles. The molecule has 0 N–H and O–H groups in total. The zero-order chi connectivity index (χ0) is 92.6. The number of nitrogens with zero attached hydrogens (tertiary/aromatic N) is 9. The molecule has 0 amide bonds. The first-order chi connectivity index (χ1) is 66.9. The smallest absolute Gasteiger partial charge is 0.164 e. The van der Waals surface area contributed by atoms with E-state index in [0.717, 1.165) is 116 Å². The Morgan fingerprint density at radius 2 is 0.526 bits per heavy atom. The van der Waals surface area contributed by atoms with Crippen molar-refractivity contribution >= 4 is 65.8 Å². The van der Waals surface area contributed by atoms with Gasteiger partial charge >= 0.3 is 0 Å². The van der Waals surface area contributed by atoms with E-state index in [9.17, 15) is 0 Å². The molecule has 6 heterocycles. The number of furan rings is 3. The van der Waals surface area contributed by atoms with Gasteiger partial charge in [0.25, 0.3) is 0 Å². The van der Waals surface area contributed by atoms with E-state index in [2.05, 4.69) is 250 Å². The number of fused-ring (bicyclic) bond motifs is 20. The third kappa shape index (κ3) is 14.0. The van der Waals surface area contributed by atoms with Crippen LogP contribution >= 0.6 is 0 Å². The first kappa shape index (κ1) is 83.3. The molecule has 0 radical (unpaired) electrons. The van der Waals surface area contributed by atoms with Gasteiger partial charge in [0, 0.05) is 98.6 Å². The Morgan fingerprint density at radius 1 is 0.212 bits per heavy atom. The van der Waals surface area contributed by atoms with Crippen LogP contribution in [0.25, 0.3) is 224 Å². The van der Waals surface area contributed by atoms with Gasteiger partial charge in [0.2, 0.25) is 0 Å². The molecule has 6 aromatic heterocycles. The molecule has 3 aliphatic carbocycles. The van der Waals surface area contributed by atoms with Crippen molar-refractivity contribution in [1.82, 2.24) is 44.9 Å². The van der Waals surface area contributed by atoms with Gasteiger partial charge < -0.3 is 13.3 Å². The highest BCUT2D eigenvalue weighted by atomic mass is 16.3. The predicted molar refractivity (Wildman–Crippen MR) is 557 cm³/mol. The van der Waals surface area contributed by atoms with Crippen molar-refractivity contribution in [1.29, 1.82) is 0 Å². The number of aromatic nitrogens is 9. The maximum absolute atomic E-state index is 6.42. The summed E-state index contributed by atoms with van der Waals surface area (Å²) in [6.45, 7) is 21.1. The molecule has 0 spiro atoms. The number of rotatable bonds is 12. The van der Waals surface area contributed by atoms with Gasteiger partial charge in [0.15, 0.2) is 52.4 Å². The Bertz CT molecular complexity index is 8530. The predicted octanol–water partition coefficient (Wildman–Crippen LogP) is 32.2. The Kier molecular flexibility index (Phi) is 19.9. The molecule has 17 aromatic carbocycles. The summed E-state index contributed by atoms with van der Waals surface area (Å²) in [5.41, 5.74) is 33.8. The molecule has 0 saturated heterocycles. The van der Waals surface area contributed by atoms with Crippen LogP contribution in [0, 0.1) is 11.3 Å². The van der Waals surface area contributed by atoms with Crippen LogP contribution in [0.2, 0.25) is 0 Å². The fraction of sp³-hybridized carbons (Fsp3) is 0.112. The summed E-state index contributed by atoms with van der Waals surface area (Å²) in [7, 11) is 0. The maximum Gasteiger partial charge on any atom is 0.164 e. The Balaban J connectivity index is 0.000000113. The summed E-state index contributed by atoms with van der Waals surface area (Å²) in [6, 6.07) is 137. The summed E-state index contributed by atoms with van der Waals surface area (Å²) in [4.78, 5) is 44.5. The first-order valence-corrected chi connectivity index (χ1v) is 47.0. The highest BCUT2D eigenvalue weighted by Gasteiger charge is 2.50. The lowest BCUT2D eigenvalue weighted by molar-refractivity contribution is 0.255. The van der Waals surface area contributed by atoms with Crippen molar-refractivity contribution in [2.75, 3.05) is 0 Å². The topological polar surface area (TPSA) is 155 Å². The molecule has 656 valence electrons. The van der Waals surface area contributed by atoms with Crippen molar-refractivity contribution in [3.05, 3.63) is 428 Å². The molecule has 2 unspecified atom stereocenters. The van der Waals surface area contributed by atoms with Crippen LogP contribution in [0.1, 0.15) is 95.7 Å². The van der Waals surface area contributed by atoms with Crippen molar-refractivity contribution in [2.45, 2.75) is 78.6 Å². The number of hydrogen-bond acceptors (Lipinski definition) is 12. The van der Waals surface area contributed by atoms with E-state index in [0.29, 0.717) is 58.3 Å². The van der Waals surface area contributed by atoms with E-state index in [4.69, 9.17) is 58.1 Å². The molecule has 23 aromatic rings. The van der Waals surface area contributed by atoms with Crippen molar-refractivity contribution < 1.29 is 13.3 Å². The monoisotopic (exact) mass is 1770 g/mol. The van der Waals surface area contributed by atoms with Gasteiger partial charge in [0.1, 0.15) is 33.5 Å². The summed E-state index contributed by atoms with van der Waals surface area (Å²) < 4.78 is 19.1. The second-order valence-electron chi connectivity index (χ2n) is 38.3. The van der Waals surface area contributed by atoms with Crippen molar-refractivity contribution in [3.63, 3.8) is 0 Å². The molecule has 0 saturated carbocycles. The minimum Gasteiger partial charge on any atom is -0.456 e. The van der Waals surface area contributed by atoms with E-state index in [1.807, 2.05) is 206 Å². The van der Waals surface area contributed by atoms with Crippen LogP contribution in [0.4, 0.5) is 0 Å². The lowest BCUT2D eigenvalue weighted by Crippen LogP contribution is -2.36. The minimum atomic E-state index is -0.203. The van der Waals surface area contributed by atoms with Crippen LogP contribution in [0.3, 0.4) is 0 Å². The summed E-state index contributed by atoms with van der Waals surface area (Å²) in [5.74, 6) is 6.30. The lowest BCUT2D eigenvalue weighted by Gasteiger charge is -2.41. The van der Waals surface area contributed by atoms with Crippen LogP contribution in [-0.2, 0) is 16.2 Å². The molecule has 0 fully saturated rings. The zero-order valence-corrected chi connectivity index (χ0v) is 77.4. The number of benzene rings is 17. The molecule has 2 atom stereocenters. The average Bonchev–Trinajstić information content (AvgIpc) is 1.52. The molecule has 12 nitrogen and oxygen atoms in total. The van der Waals surface area contributed by atoms with Crippen LogP contribution < -0.4 is 0 Å². The van der Waals surface area contributed by atoms with E-state index in [-0.39, 0.29) is 21.7 Å². The summed E-state index contributed by atoms with van der Waals surface area (Å²) in [6.07, 6.45) is 0. The van der Waals surface area contributed by atoms with Gasteiger partial charge in [0.05, 0.1) is 0 Å². The zero-order valence-electron chi connectivity index (χ0n) is 77.4. The van der Waals surface area contributed by atoms with Crippen LogP contribution in [0.15, 0.2) is 408 Å². The number of hydrogen-bond donors (Lipinski definition) is 0. The molecule has 3 aliphatic rings. The molecule has 26 rings (SSSR count). The van der Waals surface area contributed by atoms with Crippen LogP contribution in [-0.4, -0.2) is 44.9 Å². The van der Waals surface area contributed by atoms with E-state index >= 15 is 0 Å². The van der Waals surface area contributed by atoms with Gasteiger partial charge in [-0.3, -0.25) is 0 Å². The number of para-hydroxylation sites is 3. The molecule has 137 heavy (non-hydrogen) atoms. The highest BCUT2D eigenvalue weighted by molar-refractivity contribution is 6.19. The Labute approximate surface area is 794 Å². The Hall–Kier alpha value is -16.8. The van der Waals surface area contributed by atoms with Gasteiger partial charge in [-0.2, -0.15) is 0 Å². The molecular weight excluding hydrogens is 1680 g/mol. The third-order valence-electron chi connectivity index (χ3n) is 29.0. The fourth-order valence-corrected chi connectivity index (χ4v) is 21.2. The lowest BCUT2D eigenvalue weighted by atomic mass is 9.62. The van der Waals surface area contributed by atoms with Crippen molar-refractivity contribution in [2.24, 2.45) is 11.3 Å². The van der Waals surface area contributed by atoms with Gasteiger partial charge in [-0.1, -0.05) is 402 Å². The highest BCUT2D eigenvalue weighted by Crippen LogP contribution is 2.63. The van der Waals surface area contributed by atoms with Gasteiger partial charge in [-0.15, -0.1) is 0 Å². The quantitative estimate of drug-likeness (QED) is 0.114. The first-order valence-electron chi connectivity index (χ1n) is 47.0. The van der Waals surface area contributed by atoms with E-state index in [1.165, 1.54) is 88.7 Å². The van der Waals surface area contributed by atoms with Crippen molar-refractivity contribution in [3.8, 4) is 158 Å². The second-order valence-corrected chi connectivity index (χ2v) is 38.3. The largest absolute Gasteiger partial charge is 0.456 e. The molecular formula is C125H93N9O3. The standard InChI is InChI=1S/C45H35N3O.C44H33N3O.C36H25N3O/c1-44(2,3)45(4)34-20-13-19-32(38(34)40-35(45)26-27-37-39(40)33-18-11-12-21-36(33)49-37)28-22-24-31(25-23-28)43-47-41(29-14-7-5-8-15-29)46-42(48-43)30-16-9-6-10-17-30;1-27(2)44(3)34-22-13-21-32(38(34)40-35(44)24-25-37-39(40)33-20-10-11-23-36(33)48-37)30-18-12-19-31(26-30)43-46-41(28-14-6-4-7-15-28)45-42(47-43)29-16-8-5-9-17-29;1-36(2)29-19-24(17-18-25(29)27-20-28-26-15-9-10-16-31(26)40-32(28)21-30(27)36)35-38-33(22-11-5-3-6-12-22)37-34(39-35)23-13-7-4-8-14-23/h5-27H,1-4H3;4-27H,1-3H3;3-21H,1-2H3. The van der Waals surface area contributed by atoms with E-state index in [1.54, 1.807) is 0 Å². The summed E-state index contributed by atoms with van der Waals surface area (Å²) in [5, 5.41) is 6.99. The third-order valence-corrected chi connectivity index (χ3v) is 29.0. The minimum absolute atomic E-state index is 0.0334. The molecule has 0 bridgehead atoms. The maximum atomic E-state index is 6.42. The molecule has 12 heteroatoms. The Morgan fingerprint density at radius 3 is 0.978 bits per heavy atom. The summed E-state index contributed by atoms with van der Waals surface area (Å²) >= 11 is 0. The normalized spacial score (nSPS) is 14.8. The van der Waals surface area contributed by atoms with E-state index < -0.39 is 0 Å². The van der Waals surface area contributed by atoms with Gasteiger partial charge in [-0.25, -0.2) is 44.9 Å². The second kappa shape index (κ2) is 32.8. The fourth-order valence-electron chi connectivity index (χ4n) is 21.2. The van der Waals surface area contributed by atoms with Gasteiger partial charge in [-0.05, 0) is 155 Å².